The molecule has 1 saturated carbocycles. The van der Waals surface area contributed by atoms with Crippen LogP contribution in [0.15, 0.2) is 0 Å². The van der Waals surface area contributed by atoms with E-state index in [1.807, 2.05) is 6.92 Å². The van der Waals surface area contributed by atoms with E-state index in [2.05, 4.69) is 15.4 Å². The van der Waals surface area contributed by atoms with Crippen molar-refractivity contribution in [3.8, 4) is 0 Å². The summed E-state index contributed by atoms with van der Waals surface area (Å²) < 4.78 is 32.5. The van der Waals surface area contributed by atoms with E-state index in [-0.39, 0.29) is 17.6 Å². The number of hydrogen-bond donors (Lipinski definition) is 3. The number of alkyl carbamates (subject to hydrolysis) is 1. The molecule has 1 aliphatic carbocycles. The van der Waals surface area contributed by atoms with Crippen LogP contribution >= 0.6 is 0 Å². The van der Waals surface area contributed by atoms with Crippen molar-refractivity contribution in [1.82, 2.24) is 20.3 Å². The molecule has 4 amide bonds. The lowest BCUT2D eigenvalue weighted by Gasteiger charge is -2.30. The average molecular weight is 571 g/mol. The minimum absolute atomic E-state index is 0.152. The fraction of sp³-hybridized carbons (Fsp3) is 0.852. The van der Waals surface area contributed by atoms with Gasteiger partial charge < -0.3 is 20.3 Å². The molecule has 0 unspecified atom stereocenters. The summed E-state index contributed by atoms with van der Waals surface area (Å²) in [6.07, 6.45) is 7.31. The van der Waals surface area contributed by atoms with Gasteiger partial charge in [0.25, 0.3) is 5.91 Å². The molecular weight excluding hydrogens is 524 g/mol. The van der Waals surface area contributed by atoms with E-state index in [9.17, 15) is 27.6 Å². The van der Waals surface area contributed by atoms with Crippen LogP contribution in [0, 0.1) is 5.92 Å². The maximum Gasteiger partial charge on any atom is 0.408 e. The van der Waals surface area contributed by atoms with Crippen LogP contribution in [0.2, 0.25) is 0 Å². The summed E-state index contributed by atoms with van der Waals surface area (Å²) in [5.41, 5.74) is -2.01. The third-order valence-corrected chi connectivity index (χ3v) is 9.07. The highest BCUT2D eigenvalue weighted by Crippen LogP contribution is 2.47. The number of carbonyl (C=O) groups is 4. The van der Waals surface area contributed by atoms with Crippen LogP contribution in [0.25, 0.3) is 0 Å². The zero-order chi connectivity index (χ0) is 28.8. The fourth-order valence-corrected chi connectivity index (χ4v) is 6.80. The summed E-state index contributed by atoms with van der Waals surface area (Å²) in [4.78, 5) is 54.4. The van der Waals surface area contributed by atoms with Gasteiger partial charge in [0, 0.05) is 6.54 Å². The minimum Gasteiger partial charge on any atom is -0.444 e. The summed E-state index contributed by atoms with van der Waals surface area (Å²) in [6, 6.07) is -1.62. The molecule has 2 heterocycles. The SMILES string of the molecule is CCCCS(=O)(=O)NC(=O)[C@@]12C[C@H]1CCCCCCC[C@H](NC(=O)OC(C)(C)C)C(=O)N1CCC[C@H]1C(=O)N2. The van der Waals surface area contributed by atoms with E-state index in [0.717, 1.165) is 32.1 Å². The minimum atomic E-state index is -3.81. The fourth-order valence-electron chi connectivity index (χ4n) is 5.57. The van der Waals surface area contributed by atoms with Gasteiger partial charge in [0.2, 0.25) is 21.8 Å². The molecule has 3 fully saturated rings. The van der Waals surface area contributed by atoms with Gasteiger partial charge in [-0.05, 0) is 65.2 Å². The third-order valence-electron chi connectivity index (χ3n) is 7.74. The Morgan fingerprint density at radius 2 is 1.72 bits per heavy atom. The number of unbranched alkanes of at least 4 members (excludes halogenated alkanes) is 1. The molecule has 2 aliphatic heterocycles. The highest BCUT2D eigenvalue weighted by atomic mass is 32.2. The topological polar surface area (TPSA) is 151 Å². The van der Waals surface area contributed by atoms with Gasteiger partial charge in [-0.25, -0.2) is 13.2 Å². The molecule has 3 aliphatic rings. The first kappa shape index (κ1) is 31.2. The summed E-state index contributed by atoms with van der Waals surface area (Å²) in [6.45, 7) is 7.47. The first-order chi connectivity index (χ1) is 18.3. The Morgan fingerprint density at radius 3 is 2.38 bits per heavy atom. The van der Waals surface area contributed by atoms with Crippen LogP contribution in [-0.2, 0) is 29.1 Å². The van der Waals surface area contributed by atoms with E-state index >= 15 is 0 Å². The van der Waals surface area contributed by atoms with Gasteiger partial charge in [-0.2, -0.15) is 0 Å². The molecule has 0 bridgehead atoms. The number of hydrogen-bond acceptors (Lipinski definition) is 7. The highest BCUT2D eigenvalue weighted by molar-refractivity contribution is 7.90. The number of nitrogens with zero attached hydrogens (tertiary/aromatic N) is 1. The predicted octanol–water partition coefficient (Wildman–Crippen LogP) is 2.74. The standard InChI is InChI=1S/C27H46N4O7S/c1-5-6-17-39(36,37)30-24(34)27-18-19(27)13-10-8-7-9-11-14-20(28-25(35)38-26(2,3)4)23(33)31-16-12-15-21(31)22(32)29-27/h19-21H,5-18H2,1-4H3,(H,28,35)(H,29,32)(H,30,34)/t19-,20+,21+,27-/m1/s1. The monoisotopic (exact) mass is 570 g/mol. The zero-order valence-corrected chi connectivity index (χ0v) is 24.7. The Hall–Kier alpha value is -2.37. The normalized spacial score (nSPS) is 28.7. The molecule has 0 aromatic rings. The maximum absolute atomic E-state index is 13.6. The van der Waals surface area contributed by atoms with E-state index < -0.39 is 51.2 Å². The largest absolute Gasteiger partial charge is 0.444 e. The second-order valence-corrected chi connectivity index (χ2v) is 14.0. The average Bonchev–Trinajstić information content (AvgIpc) is 3.29. The summed E-state index contributed by atoms with van der Waals surface area (Å²) in [5, 5.41) is 5.59. The van der Waals surface area contributed by atoms with E-state index in [1.165, 1.54) is 4.90 Å². The van der Waals surface area contributed by atoms with Crippen molar-refractivity contribution in [2.75, 3.05) is 12.3 Å². The summed E-state index contributed by atoms with van der Waals surface area (Å²) >= 11 is 0. The van der Waals surface area contributed by atoms with Gasteiger partial charge in [0.1, 0.15) is 23.2 Å². The van der Waals surface area contributed by atoms with E-state index in [0.29, 0.717) is 51.5 Å². The predicted molar refractivity (Wildman–Crippen MR) is 146 cm³/mol. The molecule has 0 aromatic carbocycles. The molecule has 12 heteroatoms. The third kappa shape index (κ3) is 8.56. The summed E-state index contributed by atoms with van der Waals surface area (Å²) in [5.74, 6) is -1.81. The van der Waals surface area contributed by atoms with Crippen LogP contribution in [-0.4, -0.2) is 72.7 Å². The summed E-state index contributed by atoms with van der Waals surface area (Å²) in [7, 11) is -3.81. The molecular formula is C27H46N4O7S. The lowest BCUT2D eigenvalue weighted by molar-refractivity contribution is -0.141. The van der Waals surface area contributed by atoms with Crippen LogP contribution < -0.4 is 15.4 Å². The number of rotatable bonds is 6. The lowest BCUT2D eigenvalue weighted by Crippen LogP contribution is -2.58. The van der Waals surface area contributed by atoms with Crippen molar-refractivity contribution in [2.24, 2.45) is 5.92 Å². The molecule has 222 valence electrons. The Morgan fingerprint density at radius 1 is 1.05 bits per heavy atom. The van der Waals surface area contributed by atoms with Gasteiger partial charge >= 0.3 is 6.09 Å². The Bertz CT molecular complexity index is 1030. The molecule has 39 heavy (non-hydrogen) atoms. The van der Waals surface area contributed by atoms with E-state index in [1.54, 1.807) is 20.8 Å². The van der Waals surface area contributed by atoms with Crippen molar-refractivity contribution in [1.29, 1.82) is 0 Å². The smallest absolute Gasteiger partial charge is 0.408 e. The number of sulfonamides is 1. The molecule has 0 aromatic heterocycles. The van der Waals surface area contributed by atoms with Crippen molar-refractivity contribution >= 4 is 33.8 Å². The lowest BCUT2D eigenvalue weighted by atomic mass is 10.0. The van der Waals surface area contributed by atoms with Crippen molar-refractivity contribution in [2.45, 2.75) is 128 Å². The molecule has 0 radical (unpaired) electrons. The Kier molecular flexibility index (Phi) is 10.3. The first-order valence-corrected chi connectivity index (χ1v) is 16.1. The Balaban J connectivity index is 1.80. The first-order valence-electron chi connectivity index (χ1n) is 14.4. The number of carbonyl (C=O) groups excluding carboxylic acids is 4. The molecule has 3 N–H and O–H groups in total. The van der Waals surface area contributed by atoms with Crippen molar-refractivity contribution in [3.63, 3.8) is 0 Å². The van der Waals surface area contributed by atoms with Crippen molar-refractivity contribution in [3.05, 3.63) is 0 Å². The van der Waals surface area contributed by atoms with Crippen LogP contribution in [0.4, 0.5) is 4.79 Å². The van der Waals surface area contributed by atoms with Gasteiger partial charge in [0.05, 0.1) is 5.75 Å². The van der Waals surface area contributed by atoms with Crippen LogP contribution in [0.1, 0.15) is 105 Å². The number of fused-ring (bicyclic) bond motifs is 2. The van der Waals surface area contributed by atoms with Crippen LogP contribution in [0.3, 0.4) is 0 Å². The second-order valence-electron chi connectivity index (χ2n) is 12.2. The van der Waals surface area contributed by atoms with Gasteiger partial charge in [-0.1, -0.05) is 45.4 Å². The molecule has 3 rings (SSSR count). The van der Waals surface area contributed by atoms with Gasteiger partial charge in [-0.15, -0.1) is 0 Å². The number of ether oxygens (including phenoxy) is 1. The molecule has 0 spiro atoms. The molecule has 4 atom stereocenters. The Labute approximate surface area is 232 Å². The number of amides is 4. The van der Waals surface area contributed by atoms with E-state index in [4.69, 9.17) is 4.74 Å². The quantitative estimate of drug-likeness (QED) is 0.444. The second kappa shape index (κ2) is 12.9. The highest BCUT2D eigenvalue weighted by Gasteiger charge is 2.61. The van der Waals surface area contributed by atoms with Gasteiger partial charge in [0.15, 0.2) is 0 Å². The number of nitrogens with one attached hydrogen (secondary N) is 3. The van der Waals surface area contributed by atoms with Gasteiger partial charge in [-0.3, -0.25) is 19.1 Å². The maximum atomic E-state index is 13.6. The molecule has 11 nitrogen and oxygen atoms in total. The molecule has 2 saturated heterocycles. The zero-order valence-electron chi connectivity index (χ0n) is 23.8. The van der Waals surface area contributed by atoms with Crippen LogP contribution in [0.5, 0.6) is 0 Å². The van der Waals surface area contributed by atoms with Crippen molar-refractivity contribution < 1.29 is 32.3 Å².